The maximum atomic E-state index is 12.3. The van der Waals surface area contributed by atoms with Gasteiger partial charge in [0.25, 0.3) is 0 Å². The fourth-order valence-corrected chi connectivity index (χ4v) is 3.24. The van der Waals surface area contributed by atoms with Crippen LogP contribution in [0.15, 0.2) is 48.5 Å². The first-order chi connectivity index (χ1) is 12.1. The van der Waals surface area contributed by atoms with Gasteiger partial charge in [-0.05, 0) is 59.9 Å². The molecule has 1 aliphatic carbocycles. The van der Waals surface area contributed by atoms with Crippen LogP contribution in [0.4, 0.5) is 0 Å². The van der Waals surface area contributed by atoms with Crippen molar-refractivity contribution in [2.45, 2.75) is 18.8 Å². The highest BCUT2D eigenvalue weighted by molar-refractivity contribution is 6.00. The Morgan fingerprint density at radius 2 is 1.76 bits per heavy atom. The van der Waals surface area contributed by atoms with E-state index in [9.17, 15) is 9.59 Å². The lowest BCUT2D eigenvalue weighted by molar-refractivity contribution is -0.115. The first-order valence-electron chi connectivity index (χ1n) is 8.15. The van der Waals surface area contributed by atoms with Gasteiger partial charge in [0.05, 0.1) is 14.2 Å². The Hall–Kier alpha value is -2.88. The molecule has 2 aromatic carbocycles. The minimum atomic E-state index is 0.0839. The van der Waals surface area contributed by atoms with Crippen molar-refractivity contribution >= 4 is 17.6 Å². The lowest BCUT2D eigenvalue weighted by Crippen LogP contribution is -2.13. The number of hydrogen-bond donors (Lipinski definition) is 0. The number of carbonyl (C=O) groups excluding carboxylic acids is 2. The molecule has 0 saturated heterocycles. The SMILES string of the molecule is COc1ccc([C@H]2CC(=O)C=C(c3cc(C=O)ccc3OC)C2)cc1. The summed E-state index contributed by atoms with van der Waals surface area (Å²) in [6.45, 7) is 0. The van der Waals surface area contributed by atoms with Gasteiger partial charge < -0.3 is 9.47 Å². The summed E-state index contributed by atoms with van der Waals surface area (Å²) in [6.07, 6.45) is 3.67. The van der Waals surface area contributed by atoms with Crippen molar-refractivity contribution in [1.82, 2.24) is 0 Å². The van der Waals surface area contributed by atoms with E-state index in [-0.39, 0.29) is 11.7 Å². The maximum Gasteiger partial charge on any atom is 0.156 e. The van der Waals surface area contributed by atoms with Gasteiger partial charge in [-0.15, -0.1) is 0 Å². The average molecular weight is 336 g/mol. The highest BCUT2D eigenvalue weighted by atomic mass is 16.5. The topological polar surface area (TPSA) is 52.6 Å². The molecule has 0 heterocycles. The van der Waals surface area contributed by atoms with E-state index < -0.39 is 0 Å². The van der Waals surface area contributed by atoms with Crippen molar-refractivity contribution in [2.75, 3.05) is 14.2 Å². The van der Waals surface area contributed by atoms with E-state index in [0.717, 1.165) is 35.2 Å². The van der Waals surface area contributed by atoms with E-state index in [1.54, 1.807) is 38.5 Å². The van der Waals surface area contributed by atoms with Crippen molar-refractivity contribution in [2.24, 2.45) is 0 Å². The Morgan fingerprint density at radius 3 is 2.40 bits per heavy atom. The van der Waals surface area contributed by atoms with Gasteiger partial charge in [-0.25, -0.2) is 0 Å². The van der Waals surface area contributed by atoms with Gasteiger partial charge in [-0.2, -0.15) is 0 Å². The van der Waals surface area contributed by atoms with Gasteiger partial charge in [0.15, 0.2) is 5.78 Å². The molecule has 0 saturated carbocycles. The molecule has 0 spiro atoms. The van der Waals surface area contributed by atoms with Crippen LogP contribution < -0.4 is 9.47 Å². The largest absolute Gasteiger partial charge is 0.497 e. The van der Waals surface area contributed by atoms with E-state index in [0.29, 0.717) is 17.7 Å². The van der Waals surface area contributed by atoms with Gasteiger partial charge >= 0.3 is 0 Å². The molecule has 2 aromatic rings. The van der Waals surface area contributed by atoms with Crippen LogP contribution in [-0.2, 0) is 4.79 Å². The number of methoxy groups -OCH3 is 2. The van der Waals surface area contributed by atoms with Crippen LogP contribution in [-0.4, -0.2) is 26.3 Å². The molecule has 0 bridgehead atoms. The molecule has 0 radical (unpaired) electrons. The van der Waals surface area contributed by atoms with Crippen molar-refractivity contribution < 1.29 is 19.1 Å². The minimum absolute atomic E-state index is 0.0839. The Balaban J connectivity index is 1.94. The molecule has 128 valence electrons. The Bertz CT molecular complexity index is 818. The summed E-state index contributed by atoms with van der Waals surface area (Å²) in [5.74, 6) is 1.64. The molecule has 0 amide bonds. The zero-order valence-electron chi connectivity index (χ0n) is 14.3. The van der Waals surface area contributed by atoms with Crippen LogP contribution in [0.2, 0.25) is 0 Å². The molecule has 4 nitrogen and oxygen atoms in total. The van der Waals surface area contributed by atoms with E-state index in [4.69, 9.17) is 9.47 Å². The van der Waals surface area contributed by atoms with Crippen LogP contribution in [0, 0.1) is 0 Å². The molecular weight excluding hydrogens is 316 g/mol. The van der Waals surface area contributed by atoms with Crippen LogP contribution in [0.25, 0.3) is 5.57 Å². The Kier molecular flexibility index (Phi) is 4.98. The predicted molar refractivity (Wildman–Crippen MR) is 96.3 cm³/mol. The van der Waals surface area contributed by atoms with Gasteiger partial charge in [0.1, 0.15) is 17.8 Å². The molecule has 25 heavy (non-hydrogen) atoms. The molecule has 0 aliphatic heterocycles. The second-order valence-corrected chi connectivity index (χ2v) is 6.09. The second-order valence-electron chi connectivity index (χ2n) is 6.09. The summed E-state index contributed by atoms with van der Waals surface area (Å²) < 4.78 is 10.6. The highest BCUT2D eigenvalue weighted by Gasteiger charge is 2.24. The number of aldehydes is 1. The number of benzene rings is 2. The van der Waals surface area contributed by atoms with E-state index in [1.807, 2.05) is 24.3 Å². The smallest absolute Gasteiger partial charge is 0.156 e. The van der Waals surface area contributed by atoms with Crippen molar-refractivity contribution in [3.63, 3.8) is 0 Å². The molecule has 0 fully saturated rings. The van der Waals surface area contributed by atoms with E-state index >= 15 is 0 Å². The Labute approximate surface area is 147 Å². The fourth-order valence-electron chi connectivity index (χ4n) is 3.24. The second kappa shape index (κ2) is 7.34. The lowest BCUT2D eigenvalue weighted by Gasteiger charge is -2.24. The van der Waals surface area contributed by atoms with E-state index in [1.165, 1.54) is 0 Å². The molecule has 3 rings (SSSR count). The standard InChI is InChI=1S/C21H20O4/c1-24-19-6-4-15(5-7-19)16-10-17(12-18(23)11-16)20-9-14(13-22)3-8-21(20)25-2/h3-9,12-13,16H,10-11H2,1-2H3/t16-/m1/s1. The molecule has 0 N–H and O–H groups in total. The summed E-state index contributed by atoms with van der Waals surface area (Å²) in [6, 6.07) is 13.1. The molecule has 0 aromatic heterocycles. The van der Waals surface area contributed by atoms with Crippen molar-refractivity contribution in [1.29, 1.82) is 0 Å². The number of rotatable bonds is 5. The number of hydrogen-bond acceptors (Lipinski definition) is 4. The zero-order chi connectivity index (χ0) is 17.8. The van der Waals surface area contributed by atoms with Crippen molar-refractivity contribution in [3.05, 3.63) is 65.2 Å². The Morgan fingerprint density at radius 1 is 1.00 bits per heavy atom. The fraction of sp³-hybridized carbons (Fsp3) is 0.238. The summed E-state index contributed by atoms with van der Waals surface area (Å²) >= 11 is 0. The molecule has 1 aliphatic rings. The summed E-state index contributed by atoms with van der Waals surface area (Å²) in [4.78, 5) is 23.4. The predicted octanol–water partition coefficient (Wildman–Crippen LogP) is 4.05. The summed E-state index contributed by atoms with van der Waals surface area (Å²) in [5, 5.41) is 0. The van der Waals surface area contributed by atoms with Crippen molar-refractivity contribution in [3.8, 4) is 11.5 Å². The molecule has 4 heteroatoms. The lowest BCUT2D eigenvalue weighted by atomic mass is 9.80. The highest BCUT2D eigenvalue weighted by Crippen LogP contribution is 2.39. The molecule has 0 unspecified atom stereocenters. The summed E-state index contributed by atoms with van der Waals surface area (Å²) in [5.41, 5.74) is 3.37. The normalized spacial score (nSPS) is 17.0. The quantitative estimate of drug-likeness (QED) is 0.773. The number of ketones is 1. The number of allylic oxidation sites excluding steroid dienone is 2. The third-order valence-electron chi connectivity index (χ3n) is 4.54. The number of carbonyl (C=O) groups is 2. The monoisotopic (exact) mass is 336 g/mol. The molecular formula is C21H20O4. The average Bonchev–Trinajstić information content (AvgIpc) is 2.67. The third kappa shape index (κ3) is 3.63. The maximum absolute atomic E-state index is 12.3. The van der Waals surface area contributed by atoms with Crippen LogP contribution in [0.1, 0.15) is 40.2 Å². The summed E-state index contributed by atoms with van der Waals surface area (Å²) in [7, 11) is 3.22. The van der Waals surface area contributed by atoms with Crippen LogP contribution in [0.5, 0.6) is 11.5 Å². The zero-order valence-corrected chi connectivity index (χ0v) is 14.3. The van der Waals surface area contributed by atoms with E-state index in [2.05, 4.69) is 0 Å². The first kappa shape index (κ1) is 17.0. The first-order valence-corrected chi connectivity index (χ1v) is 8.15. The van der Waals surface area contributed by atoms with Crippen LogP contribution in [0.3, 0.4) is 0 Å². The van der Waals surface area contributed by atoms with Gasteiger partial charge in [0, 0.05) is 17.5 Å². The van der Waals surface area contributed by atoms with Gasteiger partial charge in [0.2, 0.25) is 0 Å². The van der Waals surface area contributed by atoms with Crippen LogP contribution >= 0.6 is 0 Å². The van der Waals surface area contributed by atoms with Gasteiger partial charge in [-0.3, -0.25) is 9.59 Å². The number of ether oxygens (including phenoxy) is 2. The van der Waals surface area contributed by atoms with Gasteiger partial charge in [-0.1, -0.05) is 12.1 Å². The minimum Gasteiger partial charge on any atom is -0.497 e. The molecule has 1 atom stereocenters. The third-order valence-corrected chi connectivity index (χ3v) is 4.54.